The van der Waals surface area contributed by atoms with E-state index in [1.54, 1.807) is 0 Å². The quantitative estimate of drug-likeness (QED) is 0.466. The Kier molecular flexibility index (Phi) is 8.54. The molecule has 2 heteroatoms. The molecule has 0 aliphatic heterocycles. The molecule has 1 atom stereocenters. The van der Waals surface area contributed by atoms with Gasteiger partial charge >= 0.3 is 0 Å². The van der Waals surface area contributed by atoms with Crippen LogP contribution in [-0.2, 0) is 0 Å². The lowest BCUT2D eigenvalue weighted by Gasteiger charge is -2.09. The van der Waals surface area contributed by atoms with Crippen LogP contribution in [0.1, 0.15) is 33.1 Å². The summed E-state index contributed by atoms with van der Waals surface area (Å²) < 4.78 is 0. The minimum absolute atomic E-state index is 0.726. The van der Waals surface area contributed by atoms with Gasteiger partial charge in [-0.1, -0.05) is 20.3 Å². The van der Waals surface area contributed by atoms with Crippen LogP contribution in [0.5, 0.6) is 0 Å². The highest BCUT2D eigenvalue weighted by atomic mass is 35.5. The average Bonchev–Trinajstić information content (AvgIpc) is 1.99. The van der Waals surface area contributed by atoms with E-state index in [1.165, 1.54) is 12.8 Å². The minimum Gasteiger partial charge on any atom is -0.316 e. The lowest BCUT2D eigenvalue weighted by molar-refractivity contribution is 0.496. The van der Waals surface area contributed by atoms with Crippen LogP contribution in [0.15, 0.2) is 0 Å². The summed E-state index contributed by atoms with van der Waals surface area (Å²) in [5, 5.41) is 3.41. The second-order valence-corrected chi connectivity index (χ2v) is 3.52. The molecule has 0 aromatic carbocycles. The van der Waals surface area contributed by atoms with Gasteiger partial charge in [0.1, 0.15) is 0 Å². The van der Waals surface area contributed by atoms with E-state index in [2.05, 4.69) is 19.2 Å². The van der Waals surface area contributed by atoms with Crippen molar-refractivity contribution in [1.29, 1.82) is 0 Å². The molecule has 11 heavy (non-hydrogen) atoms. The summed E-state index contributed by atoms with van der Waals surface area (Å²) >= 11 is 5.61. The Labute approximate surface area is 75.5 Å². The monoisotopic (exact) mass is 177 g/mol. The SMILES string of the molecule is CCCCNCC(C)CCCl. The molecule has 0 amide bonds. The molecule has 0 radical (unpaired) electrons. The van der Waals surface area contributed by atoms with Crippen LogP contribution in [0.25, 0.3) is 0 Å². The van der Waals surface area contributed by atoms with Gasteiger partial charge in [0.05, 0.1) is 0 Å². The Balaban J connectivity index is 2.97. The molecule has 0 rings (SSSR count). The highest BCUT2D eigenvalue weighted by Crippen LogP contribution is 2.00. The molecule has 0 fully saturated rings. The Bertz CT molecular complexity index is 76.0. The van der Waals surface area contributed by atoms with Gasteiger partial charge in [0.2, 0.25) is 0 Å². The summed E-state index contributed by atoms with van der Waals surface area (Å²) in [7, 11) is 0. The van der Waals surface area contributed by atoms with Crippen molar-refractivity contribution >= 4 is 11.6 Å². The van der Waals surface area contributed by atoms with Crippen molar-refractivity contribution in [1.82, 2.24) is 5.32 Å². The first kappa shape index (κ1) is 11.2. The summed E-state index contributed by atoms with van der Waals surface area (Å²) in [5.41, 5.74) is 0. The van der Waals surface area contributed by atoms with E-state index in [0.29, 0.717) is 0 Å². The largest absolute Gasteiger partial charge is 0.316 e. The molecule has 68 valence electrons. The van der Waals surface area contributed by atoms with Gasteiger partial charge in [-0.15, -0.1) is 11.6 Å². The van der Waals surface area contributed by atoms with E-state index in [9.17, 15) is 0 Å². The molecule has 0 bridgehead atoms. The highest BCUT2D eigenvalue weighted by molar-refractivity contribution is 6.17. The summed E-state index contributed by atoms with van der Waals surface area (Å²) in [5.74, 6) is 1.51. The molecule has 1 unspecified atom stereocenters. The van der Waals surface area contributed by atoms with E-state index in [1.807, 2.05) is 0 Å². The number of rotatable bonds is 7. The number of alkyl halides is 1. The topological polar surface area (TPSA) is 12.0 Å². The van der Waals surface area contributed by atoms with Crippen molar-refractivity contribution in [3.05, 3.63) is 0 Å². The molecule has 0 saturated carbocycles. The lowest BCUT2D eigenvalue weighted by atomic mass is 10.1. The van der Waals surface area contributed by atoms with Gasteiger partial charge in [-0.05, 0) is 31.8 Å². The van der Waals surface area contributed by atoms with Gasteiger partial charge < -0.3 is 5.32 Å². The molecular formula is C9H20ClN. The first-order chi connectivity index (χ1) is 5.31. The fourth-order valence-electron chi connectivity index (χ4n) is 0.939. The second kappa shape index (κ2) is 8.35. The average molecular weight is 178 g/mol. The Morgan fingerprint density at radius 1 is 1.45 bits per heavy atom. The number of nitrogens with one attached hydrogen (secondary N) is 1. The highest BCUT2D eigenvalue weighted by Gasteiger charge is 1.98. The molecule has 0 aromatic rings. The predicted molar refractivity (Wildman–Crippen MR) is 52.3 cm³/mol. The maximum absolute atomic E-state index is 5.61. The Morgan fingerprint density at radius 2 is 2.18 bits per heavy atom. The number of unbranched alkanes of at least 4 members (excludes halogenated alkanes) is 1. The van der Waals surface area contributed by atoms with Crippen LogP contribution in [0.4, 0.5) is 0 Å². The van der Waals surface area contributed by atoms with Crippen LogP contribution in [0.2, 0.25) is 0 Å². The second-order valence-electron chi connectivity index (χ2n) is 3.14. The minimum atomic E-state index is 0.726. The van der Waals surface area contributed by atoms with Gasteiger partial charge in [0.25, 0.3) is 0 Å². The lowest BCUT2D eigenvalue weighted by Crippen LogP contribution is -2.22. The summed E-state index contributed by atoms with van der Waals surface area (Å²) in [4.78, 5) is 0. The third-order valence-electron chi connectivity index (χ3n) is 1.80. The van der Waals surface area contributed by atoms with Crippen molar-refractivity contribution < 1.29 is 0 Å². The summed E-state index contributed by atoms with van der Waals surface area (Å²) in [6.45, 7) is 6.72. The normalized spacial score (nSPS) is 13.4. The zero-order valence-corrected chi connectivity index (χ0v) is 8.45. The van der Waals surface area contributed by atoms with Crippen LogP contribution >= 0.6 is 11.6 Å². The van der Waals surface area contributed by atoms with E-state index >= 15 is 0 Å². The molecule has 0 aliphatic rings. The molecule has 1 N–H and O–H groups in total. The first-order valence-corrected chi connectivity index (χ1v) is 5.11. The zero-order valence-electron chi connectivity index (χ0n) is 7.70. The van der Waals surface area contributed by atoms with Crippen molar-refractivity contribution in [3.63, 3.8) is 0 Å². The molecular weight excluding hydrogens is 158 g/mol. The van der Waals surface area contributed by atoms with Gasteiger partial charge in [-0.3, -0.25) is 0 Å². The van der Waals surface area contributed by atoms with E-state index < -0.39 is 0 Å². The van der Waals surface area contributed by atoms with Gasteiger partial charge in [0.15, 0.2) is 0 Å². The van der Waals surface area contributed by atoms with Crippen molar-refractivity contribution in [2.45, 2.75) is 33.1 Å². The number of halogens is 1. The maximum atomic E-state index is 5.61. The maximum Gasteiger partial charge on any atom is 0.0226 e. The molecule has 0 aromatic heterocycles. The number of hydrogen-bond donors (Lipinski definition) is 1. The van der Waals surface area contributed by atoms with Gasteiger partial charge in [-0.2, -0.15) is 0 Å². The third-order valence-corrected chi connectivity index (χ3v) is 2.02. The van der Waals surface area contributed by atoms with Crippen molar-refractivity contribution in [2.75, 3.05) is 19.0 Å². The molecule has 1 nitrogen and oxygen atoms in total. The Morgan fingerprint density at radius 3 is 2.73 bits per heavy atom. The fraction of sp³-hybridized carbons (Fsp3) is 1.00. The smallest absolute Gasteiger partial charge is 0.0226 e. The molecule has 0 heterocycles. The van der Waals surface area contributed by atoms with Gasteiger partial charge in [-0.25, -0.2) is 0 Å². The predicted octanol–water partition coefficient (Wildman–Crippen LogP) is 2.64. The summed E-state index contributed by atoms with van der Waals surface area (Å²) in [6.07, 6.45) is 3.69. The van der Waals surface area contributed by atoms with Crippen molar-refractivity contribution in [3.8, 4) is 0 Å². The fourth-order valence-corrected chi connectivity index (χ4v) is 1.31. The Hall–Kier alpha value is 0.250. The summed E-state index contributed by atoms with van der Waals surface area (Å²) in [6, 6.07) is 0. The van der Waals surface area contributed by atoms with Crippen molar-refractivity contribution in [2.24, 2.45) is 5.92 Å². The van der Waals surface area contributed by atoms with Crippen LogP contribution in [-0.4, -0.2) is 19.0 Å². The zero-order chi connectivity index (χ0) is 8.53. The first-order valence-electron chi connectivity index (χ1n) is 4.58. The molecule has 0 spiro atoms. The molecule has 0 aliphatic carbocycles. The van der Waals surface area contributed by atoms with E-state index in [-0.39, 0.29) is 0 Å². The van der Waals surface area contributed by atoms with Crippen LogP contribution in [0.3, 0.4) is 0 Å². The van der Waals surface area contributed by atoms with Crippen LogP contribution < -0.4 is 5.32 Å². The van der Waals surface area contributed by atoms with Gasteiger partial charge in [0, 0.05) is 5.88 Å². The van der Waals surface area contributed by atoms with E-state index in [0.717, 1.165) is 31.3 Å². The standard InChI is InChI=1S/C9H20ClN/c1-3-4-7-11-8-9(2)5-6-10/h9,11H,3-8H2,1-2H3. The number of hydrogen-bond acceptors (Lipinski definition) is 1. The van der Waals surface area contributed by atoms with Crippen LogP contribution in [0, 0.1) is 5.92 Å². The molecule has 0 saturated heterocycles. The third kappa shape index (κ3) is 8.15. The van der Waals surface area contributed by atoms with E-state index in [4.69, 9.17) is 11.6 Å².